The normalized spacial score (nSPS) is 10.6. The Hall–Kier alpha value is -3.12. The molecule has 2 aromatic rings. The van der Waals surface area contributed by atoms with Crippen molar-refractivity contribution in [3.05, 3.63) is 37.1 Å². The first kappa shape index (κ1) is 17.2. The van der Waals surface area contributed by atoms with Crippen LogP contribution in [0.3, 0.4) is 0 Å². The molecule has 12 nitrogen and oxygen atoms in total. The maximum atomic E-state index is 11.3. The number of benzene rings is 1. The Labute approximate surface area is 137 Å². The number of nitro benzene ring substituents is 2. The van der Waals surface area contributed by atoms with Gasteiger partial charge in [-0.05, 0) is 18.0 Å². The number of nitrogens with zero attached hydrogens (tertiary/aromatic N) is 5. The third-order valence-corrected chi connectivity index (χ3v) is 3.33. The Bertz CT molecular complexity index is 887. The van der Waals surface area contributed by atoms with Gasteiger partial charge in [0.1, 0.15) is 0 Å². The van der Waals surface area contributed by atoms with Gasteiger partial charge in [-0.2, -0.15) is 9.99 Å². The Kier molecular flexibility index (Phi) is 4.43. The molecule has 0 saturated heterocycles. The third kappa shape index (κ3) is 2.75. The number of hydrazine groups is 1. The number of carboxylic acid groups (broad SMARTS) is 1. The lowest BCUT2D eigenvalue weighted by molar-refractivity contribution is -0.422. The standard InChI is InChI=1S/C11H9ClN6O6/c1-2-4-7-5(3-6(17(21)22)8(4)18(23)24)14-10(12)15-9(7)16(13)11(19)20/h3H,2,13H2,1H3,(H,19,20). The summed E-state index contributed by atoms with van der Waals surface area (Å²) in [6.07, 6.45) is -1.63. The van der Waals surface area contributed by atoms with Gasteiger partial charge in [0.05, 0.1) is 32.4 Å². The Morgan fingerprint density at radius 2 is 2.00 bits per heavy atom. The third-order valence-electron chi connectivity index (χ3n) is 3.16. The van der Waals surface area contributed by atoms with Gasteiger partial charge in [0, 0.05) is 0 Å². The summed E-state index contributed by atoms with van der Waals surface area (Å²) in [6.45, 7) is 1.51. The average Bonchev–Trinajstić information content (AvgIpc) is 2.50. The monoisotopic (exact) mass is 356 g/mol. The van der Waals surface area contributed by atoms with Crippen molar-refractivity contribution in [2.45, 2.75) is 13.3 Å². The van der Waals surface area contributed by atoms with Crippen LogP contribution < -0.4 is 10.9 Å². The smallest absolute Gasteiger partial charge is 0.427 e. The minimum atomic E-state index is -1.60. The van der Waals surface area contributed by atoms with Gasteiger partial charge in [0.25, 0.3) is 0 Å². The molecule has 1 aromatic heterocycles. The number of aromatic nitrogens is 2. The fraction of sp³-hybridized carbons (Fsp3) is 0.182. The molecule has 0 unspecified atom stereocenters. The van der Waals surface area contributed by atoms with Crippen LogP contribution in [0, 0.1) is 20.2 Å². The predicted octanol–water partition coefficient (Wildman–Crippen LogP) is 2.02. The van der Waals surface area contributed by atoms with Gasteiger partial charge in [-0.15, -0.1) is 0 Å². The van der Waals surface area contributed by atoms with Crippen LogP contribution in [-0.2, 0) is 6.42 Å². The van der Waals surface area contributed by atoms with E-state index < -0.39 is 38.4 Å². The molecule has 0 aliphatic carbocycles. The first-order valence-electron chi connectivity index (χ1n) is 6.28. The van der Waals surface area contributed by atoms with Crippen molar-refractivity contribution in [3.63, 3.8) is 0 Å². The molecule has 0 spiro atoms. The van der Waals surface area contributed by atoms with Gasteiger partial charge in [-0.3, -0.25) is 20.2 Å². The van der Waals surface area contributed by atoms with Crippen molar-refractivity contribution in [2.24, 2.45) is 5.84 Å². The van der Waals surface area contributed by atoms with Crippen molar-refractivity contribution in [1.82, 2.24) is 9.97 Å². The summed E-state index contributed by atoms with van der Waals surface area (Å²) in [6, 6.07) is 0.833. The lowest BCUT2D eigenvalue weighted by Crippen LogP contribution is -2.37. The fourth-order valence-corrected chi connectivity index (χ4v) is 2.43. The molecule has 0 radical (unpaired) electrons. The molecular weight excluding hydrogens is 348 g/mol. The number of halogens is 1. The van der Waals surface area contributed by atoms with Crippen LogP contribution in [0.4, 0.5) is 22.0 Å². The second-order valence-electron chi connectivity index (χ2n) is 4.45. The van der Waals surface area contributed by atoms with Crippen LogP contribution >= 0.6 is 11.6 Å². The topological polar surface area (TPSA) is 179 Å². The van der Waals surface area contributed by atoms with E-state index in [0.29, 0.717) is 0 Å². The molecule has 3 N–H and O–H groups in total. The number of rotatable bonds is 4. The Balaban J connectivity index is 3.07. The van der Waals surface area contributed by atoms with E-state index in [9.17, 15) is 25.0 Å². The average molecular weight is 357 g/mol. The zero-order valence-electron chi connectivity index (χ0n) is 12.0. The highest BCUT2D eigenvalue weighted by Crippen LogP contribution is 2.40. The van der Waals surface area contributed by atoms with Crippen LogP contribution in [0.5, 0.6) is 0 Å². The van der Waals surface area contributed by atoms with Crippen LogP contribution in [0.1, 0.15) is 12.5 Å². The molecule has 1 heterocycles. The highest BCUT2D eigenvalue weighted by molar-refractivity contribution is 6.29. The van der Waals surface area contributed by atoms with Gasteiger partial charge < -0.3 is 5.11 Å². The van der Waals surface area contributed by atoms with E-state index in [1.807, 2.05) is 0 Å². The number of carbonyl (C=O) groups is 1. The van der Waals surface area contributed by atoms with Crippen molar-refractivity contribution < 1.29 is 19.7 Å². The van der Waals surface area contributed by atoms with Crippen molar-refractivity contribution in [2.75, 3.05) is 5.01 Å². The number of anilines is 1. The second-order valence-corrected chi connectivity index (χ2v) is 4.79. The van der Waals surface area contributed by atoms with Crippen LogP contribution in [-0.4, -0.2) is 31.0 Å². The SMILES string of the molecule is CCc1c([N+](=O)[O-])c([N+](=O)[O-])cc2nc(Cl)nc(N(N)C(=O)O)c12. The summed E-state index contributed by atoms with van der Waals surface area (Å²) in [7, 11) is 0. The van der Waals surface area contributed by atoms with Gasteiger partial charge in [0.2, 0.25) is 5.28 Å². The van der Waals surface area contributed by atoms with Gasteiger partial charge in [0.15, 0.2) is 5.82 Å². The molecule has 0 bridgehead atoms. The summed E-state index contributed by atoms with van der Waals surface area (Å²) in [4.78, 5) is 39.2. The Morgan fingerprint density at radius 1 is 1.38 bits per heavy atom. The Morgan fingerprint density at radius 3 is 2.46 bits per heavy atom. The van der Waals surface area contributed by atoms with E-state index in [-0.39, 0.29) is 27.9 Å². The molecule has 0 atom stereocenters. The largest absolute Gasteiger partial charge is 0.464 e. The number of aryl methyl sites for hydroxylation is 1. The molecule has 0 fully saturated rings. The van der Waals surface area contributed by atoms with Crippen molar-refractivity contribution in [1.29, 1.82) is 0 Å². The van der Waals surface area contributed by atoms with Gasteiger partial charge >= 0.3 is 17.5 Å². The second kappa shape index (κ2) is 6.17. The fourth-order valence-electron chi connectivity index (χ4n) is 2.26. The zero-order chi connectivity index (χ0) is 18.2. The number of hydrogen-bond donors (Lipinski definition) is 2. The minimum absolute atomic E-state index is 0.0278. The van der Waals surface area contributed by atoms with Crippen LogP contribution in [0.15, 0.2) is 6.07 Å². The number of nitrogens with two attached hydrogens (primary N) is 1. The lowest BCUT2D eigenvalue weighted by Gasteiger charge is -2.16. The summed E-state index contributed by atoms with van der Waals surface area (Å²) in [5.41, 5.74) is -1.81. The molecule has 2 rings (SSSR count). The predicted molar refractivity (Wildman–Crippen MR) is 81.9 cm³/mol. The first-order valence-corrected chi connectivity index (χ1v) is 6.66. The molecular formula is C11H9ClN6O6. The summed E-state index contributed by atoms with van der Waals surface area (Å²) < 4.78 is 0. The van der Waals surface area contributed by atoms with E-state index in [1.54, 1.807) is 0 Å². The molecule has 24 heavy (non-hydrogen) atoms. The number of hydrogen-bond acceptors (Lipinski definition) is 8. The summed E-state index contributed by atoms with van der Waals surface area (Å²) in [5, 5.41) is 31.2. The molecule has 0 aliphatic rings. The van der Waals surface area contributed by atoms with Crippen molar-refractivity contribution >= 4 is 45.8 Å². The van der Waals surface area contributed by atoms with E-state index in [2.05, 4.69) is 9.97 Å². The molecule has 1 aromatic carbocycles. The van der Waals surface area contributed by atoms with Gasteiger partial charge in [-0.25, -0.2) is 15.6 Å². The molecule has 13 heteroatoms. The molecule has 126 valence electrons. The quantitative estimate of drug-likeness (QED) is 0.272. The molecule has 0 saturated carbocycles. The number of amides is 1. The highest BCUT2D eigenvalue weighted by atomic mass is 35.5. The minimum Gasteiger partial charge on any atom is -0.464 e. The number of nitro groups is 2. The number of fused-ring (bicyclic) bond motifs is 1. The maximum Gasteiger partial charge on any atom is 0.427 e. The molecule has 0 aliphatic heterocycles. The van der Waals surface area contributed by atoms with E-state index in [1.165, 1.54) is 6.92 Å². The summed E-state index contributed by atoms with van der Waals surface area (Å²) >= 11 is 5.70. The highest BCUT2D eigenvalue weighted by Gasteiger charge is 2.33. The van der Waals surface area contributed by atoms with Crippen LogP contribution in [0.2, 0.25) is 5.28 Å². The van der Waals surface area contributed by atoms with E-state index >= 15 is 0 Å². The van der Waals surface area contributed by atoms with E-state index in [4.69, 9.17) is 22.6 Å². The maximum absolute atomic E-state index is 11.3. The van der Waals surface area contributed by atoms with Gasteiger partial charge in [-0.1, -0.05) is 6.92 Å². The zero-order valence-corrected chi connectivity index (χ0v) is 12.7. The van der Waals surface area contributed by atoms with Crippen molar-refractivity contribution in [3.8, 4) is 0 Å². The van der Waals surface area contributed by atoms with Crippen LogP contribution in [0.25, 0.3) is 10.9 Å². The lowest BCUT2D eigenvalue weighted by atomic mass is 10.0. The first-order chi connectivity index (χ1) is 11.2. The van der Waals surface area contributed by atoms with E-state index in [0.717, 1.165) is 6.07 Å². The molecule has 1 amide bonds. The summed E-state index contributed by atoms with van der Waals surface area (Å²) in [5.74, 6) is 4.99.